The molecule has 20 heavy (non-hydrogen) atoms. The average Bonchev–Trinajstić information content (AvgIpc) is 2.44. The lowest BCUT2D eigenvalue weighted by molar-refractivity contribution is 0.112. The number of carbonyl (C=O) groups excluding carboxylic acids is 1. The van der Waals surface area contributed by atoms with Crippen molar-refractivity contribution >= 4 is 29.4 Å². The molecule has 0 fully saturated rings. The first-order valence-corrected chi connectivity index (χ1v) is 6.39. The molecule has 0 amide bonds. The molecule has 106 valence electrons. The summed E-state index contributed by atoms with van der Waals surface area (Å²) in [4.78, 5) is 19.0. The predicted octanol–water partition coefficient (Wildman–Crippen LogP) is 2.83. The van der Waals surface area contributed by atoms with E-state index < -0.39 is 0 Å². The molecule has 0 spiro atoms. The Kier molecular flexibility index (Phi) is 6.63. The molecular formula is C14H17ClN4O. The fourth-order valence-corrected chi connectivity index (χ4v) is 1.52. The first kappa shape index (κ1) is 16.1. The number of para-hydroxylation sites is 1. The Morgan fingerprint density at radius 3 is 2.55 bits per heavy atom. The van der Waals surface area contributed by atoms with Gasteiger partial charge in [0.25, 0.3) is 0 Å². The molecule has 0 bridgehead atoms. The quantitative estimate of drug-likeness (QED) is 0.852. The maximum atomic E-state index is 10.9. The molecule has 0 atom stereocenters. The van der Waals surface area contributed by atoms with E-state index in [2.05, 4.69) is 20.6 Å². The van der Waals surface area contributed by atoms with Crippen molar-refractivity contribution in [3.63, 3.8) is 0 Å². The summed E-state index contributed by atoms with van der Waals surface area (Å²) in [6, 6.07) is 7.13. The molecule has 2 N–H and O–H groups in total. The second kappa shape index (κ2) is 8.24. The normalized spacial score (nSPS) is 9.40. The predicted molar refractivity (Wildman–Crippen MR) is 81.9 cm³/mol. The van der Waals surface area contributed by atoms with Gasteiger partial charge in [-0.25, -0.2) is 9.97 Å². The van der Waals surface area contributed by atoms with Gasteiger partial charge in [-0.3, -0.25) is 4.79 Å². The largest absolute Gasteiger partial charge is 0.338 e. The first-order chi connectivity index (χ1) is 9.62. The van der Waals surface area contributed by atoms with Crippen LogP contribution in [0.1, 0.15) is 16.2 Å². The van der Waals surface area contributed by atoms with Gasteiger partial charge in [-0.05, 0) is 33.2 Å². The van der Waals surface area contributed by atoms with Crippen molar-refractivity contribution in [1.29, 1.82) is 0 Å². The van der Waals surface area contributed by atoms with Gasteiger partial charge >= 0.3 is 0 Å². The van der Waals surface area contributed by atoms with Crippen molar-refractivity contribution in [3.8, 4) is 0 Å². The molecule has 0 radical (unpaired) electrons. The topological polar surface area (TPSA) is 66.9 Å². The molecule has 1 heterocycles. The summed E-state index contributed by atoms with van der Waals surface area (Å²) in [7, 11) is 3.75. The maximum absolute atomic E-state index is 10.9. The minimum Gasteiger partial charge on any atom is -0.338 e. The van der Waals surface area contributed by atoms with Gasteiger partial charge in [0.05, 0.1) is 11.9 Å². The van der Waals surface area contributed by atoms with Gasteiger partial charge in [-0.15, -0.1) is 0 Å². The van der Waals surface area contributed by atoms with Gasteiger partial charge in [0.15, 0.2) is 12.1 Å². The first-order valence-electron chi connectivity index (χ1n) is 6.01. The standard InChI is InChI=1S/C12H10ClN3O.C2H7N/c1-8-14-6-10(13)12(15-8)16-11-5-3-2-4-9(11)7-17;1-3-2/h2-7H,1H3,(H,14,15,16);3H,1-2H3. The third kappa shape index (κ3) is 4.60. The lowest BCUT2D eigenvalue weighted by atomic mass is 10.2. The Morgan fingerprint density at radius 1 is 1.25 bits per heavy atom. The summed E-state index contributed by atoms with van der Waals surface area (Å²) in [6.45, 7) is 1.77. The Hall–Kier alpha value is -1.98. The van der Waals surface area contributed by atoms with Crippen LogP contribution in [0.15, 0.2) is 30.5 Å². The maximum Gasteiger partial charge on any atom is 0.152 e. The smallest absolute Gasteiger partial charge is 0.152 e. The molecular weight excluding hydrogens is 276 g/mol. The number of hydrogen-bond acceptors (Lipinski definition) is 5. The third-order valence-electron chi connectivity index (χ3n) is 2.21. The molecule has 2 aromatic rings. The van der Waals surface area contributed by atoms with Gasteiger partial charge in [0, 0.05) is 5.56 Å². The van der Waals surface area contributed by atoms with E-state index in [4.69, 9.17) is 11.6 Å². The van der Waals surface area contributed by atoms with Crippen LogP contribution in [-0.4, -0.2) is 30.3 Å². The van der Waals surface area contributed by atoms with Crippen molar-refractivity contribution in [2.24, 2.45) is 0 Å². The molecule has 1 aromatic heterocycles. The number of benzene rings is 1. The summed E-state index contributed by atoms with van der Waals surface area (Å²) < 4.78 is 0. The number of aldehydes is 1. The number of anilines is 2. The van der Waals surface area contributed by atoms with E-state index in [0.29, 0.717) is 27.9 Å². The van der Waals surface area contributed by atoms with Crippen LogP contribution in [0.3, 0.4) is 0 Å². The number of carbonyl (C=O) groups is 1. The van der Waals surface area contributed by atoms with Crippen molar-refractivity contribution < 1.29 is 4.79 Å². The molecule has 0 aliphatic rings. The summed E-state index contributed by atoms with van der Waals surface area (Å²) >= 11 is 5.97. The molecule has 5 nitrogen and oxygen atoms in total. The lowest BCUT2D eigenvalue weighted by Crippen LogP contribution is -2.00. The Balaban J connectivity index is 0.000000612. The van der Waals surface area contributed by atoms with Crippen molar-refractivity contribution in [2.45, 2.75) is 6.92 Å². The van der Waals surface area contributed by atoms with Gasteiger partial charge in [0.2, 0.25) is 0 Å². The highest BCUT2D eigenvalue weighted by Gasteiger charge is 2.06. The number of aromatic nitrogens is 2. The SMILES string of the molecule is CNC.Cc1ncc(Cl)c(Nc2ccccc2C=O)n1. The fourth-order valence-electron chi connectivity index (χ4n) is 1.38. The number of aryl methyl sites for hydroxylation is 1. The zero-order valence-electron chi connectivity index (χ0n) is 11.6. The Labute approximate surface area is 123 Å². The summed E-state index contributed by atoms with van der Waals surface area (Å²) in [6.07, 6.45) is 2.31. The molecule has 2 rings (SSSR count). The number of halogens is 1. The molecule has 0 saturated heterocycles. The van der Waals surface area contributed by atoms with Crippen LogP contribution in [0.2, 0.25) is 5.02 Å². The highest BCUT2D eigenvalue weighted by atomic mass is 35.5. The van der Waals surface area contributed by atoms with Crippen LogP contribution in [0.5, 0.6) is 0 Å². The minimum atomic E-state index is 0.413. The highest BCUT2D eigenvalue weighted by molar-refractivity contribution is 6.32. The van der Waals surface area contributed by atoms with Gasteiger partial charge in [-0.1, -0.05) is 23.7 Å². The average molecular weight is 293 g/mol. The fraction of sp³-hybridized carbons (Fsp3) is 0.214. The van der Waals surface area contributed by atoms with Crippen LogP contribution in [0.4, 0.5) is 11.5 Å². The van der Waals surface area contributed by atoms with Crippen LogP contribution in [-0.2, 0) is 0 Å². The van der Waals surface area contributed by atoms with E-state index in [1.165, 1.54) is 6.20 Å². The third-order valence-corrected chi connectivity index (χ3v) is 2.48. The van der Waals surface area contributed by atoms with E-state index in [0.717, 1.165) is 6.29 Å². The number of rotatable bonds is 3. The van der Waals surface area contributed by atoms with E-state index in [1.54, 1.807) is 25.1 Å². The Bertz CT molecular complexity index is 575. The lowest BCUT2D eigenvalue weighted by Gasteiger charge is -2.09. The van der Waals surface area contributed by atoms with Crippen LogP contribution < -0.4 is 10.6 Å². The van der Waals surface area contributed by atoms with Gasteiger partial charge in [0.1, 0.15) is 10.8 Å². The van der Waals surface area contributed by atoms with E-state index >= 15 is 0 Å². The number of hydrogen-bond donors (Lipinski definition) is 2. The molecule has 1 aromatic carbocycles. The summed E-state index contributed by atoms with van der Waals surface area (Å²) in [5.41, 5.74) is 1.22. The van der Waals surface area contributed by atoms with Crippen LogP contribution in [0.25, 0.3) is 0 Å². The van der Waals surface area contributed by atoms with Crippen molar-refractivity contribution in [3.05, 3.63) is 46.9 Å². The molecule has 0 aliphatic heterocycles. The Morgan fingerprint density at radius 2 is 1.90 bits per heavy atom. The highest BCUT2D eigenvalue weighted by Crippen LogP contribution is 2.23. The van der Waals surface area contributed by atoms with E-state index in [1.807, 2.05) is 20.2 Å². The van der Waals surface area contributed by atoms with E-state index in [9.17, 15) is 4.79 Å². The van der Waals surface area contributed by atoms with Crippen LogP contribution >= 0.6 is 11.6 Å². The molecule has 0 aliphatic carbocycles. The summed E-state index contributed by atoms with van der Waals surface area (Å²) in [5, 5.41) is 6.18. The number of nitrogens with zero attached hydrogens (tertiary/aromatic N) is 2. The molecule has 6 heteroatoms. The van der Waals surface area contributed by atoms with Crippen molar-refractivity contribution in [1.82, 2.24) is 15.3 Å². The molecule has 0 saturated carbocycles. The van der Waals surface area contributed by atoms with Crippen molar-refractivity contribution in [2.75, 3.05) is 19.4 Å². The number of nitrogens with one attached hydrogen (secondary N) is 2. The van der Waals surface area contributed by atoms with Gasteiger partial charge in [-0.2, -0.15) is 0 Å². The zero-order chi connectivity index (χ0) is 15.0. The van der Waals surface area contributed by atoms with Gasteiger partial charge < -0.3 is 10.6 Å². The minimum absolute atomic E-state index is 0.413. The monoisotopic (exact) mass is 292 g/mol. The van der Waals surface area contributed by atoms with E-state index in [-0.39, 0.29) is 0 Å². The second-order valence-corrected chi connectivity index (χ2v) is 4.35. The summed E-state index contributed by atoms with van der Waals surface area (Å²) in [5.74, 6) is 1.11. The second-order valence-electron chi connectivity index (χ2n) is 3.94. The zero-order valence-corrected chi connectivity index (χ0v) is 12.4. The van der Waals surface area contributed by atoms with Crippen LogP contribution in [0, 0.1) is 6.92 Å². The molecule has 0 unspecified atom stereocenters.